The van der Waals surface area contributed by atoms with Crippen LogP contribution in [0.1, 0.15) is 29.5 Å². The molecule has 5 heterocycles. The second kappa shape index (κ2) is 11.5. The first-order valence-corrected chi connectivity index (χ1v) is 13.1. The number of nitrogens with zero attached hydrogens (tertiary/aromatic N) is 9. The quantitative estimate of drug-likeness (QED) is 0.172. The standard InChI is InChI=1S/C27H17ClF6N10/c28-19-2-4-21(44-14-37-40-41-44)24(25(19)29)17-1-3-20(36-10-17)22(7-15-9-38-43(12-15)26(30)31)42-13-18(11-39-42)16-5-6-35-23(8-16)27(32,33)34/h1-6,8-14,22,26H,7H2/p+1/t22-/m0/s1. The number of rotatable bonds is 8. The summed E-state index contributed by atoms with van der Waals surface area (Å²) in [4.78, 5) is 7.92. The minimum absolute atomic E-state index is 0.0940. The van der Waals surface area contributed by atoms with Crippen LogP contribution in [0.2, 0.25) is 5.02 Å². The van der Waals surface area contributed by atoms with Crippen LogP contribution in [-0.4, -0.2) is 45.1 Å². The molecule has 0 spiro atoms. The highest BCUT2D eigenvalue weighted by Gasteiger charge is 2.32. The first-order chi connectivity index (χ1) is 21.1. The molecule has 17 heteroatoms. The van der Waals surface area contributed by atoms with E-state index in [1.165, 1.54) is 58.8 Å². The van der Waals surface area contributed by atoms with Crippen molar-refractivity contribution in [2.75, 3.05) is 0 Å². The highest BCUT2D eigenvalue weighted by atomic mass is 35.5. The number of tetrazole rings is 1. The zero-order valence-electron chi connectivity index (χ0n) is 22.0. The molecule has 0 aliphatic carbocycles. The third-order valence-corrected chi connectivity index (χ3v) is 7.01. The van der Waals surface area contributed by atoms with E-state index in [1.54, 1.807) is 18.2 Å². The van der Waals surface area contributed by atoms with E-state index < -0.39 is 30.3 Å². The molecule has 0 aliphatic rings. The first-order valence-electron chi connectivity index (χ1n) is 12.7. The summed E-state index contributed by atoms with van der Waals surface area (Å²) >= 11 is 6.08. The average molecular weight is 632 g/mol. The number of aromatic nitrogens is 10. The van der Waals surface area contributed by atoms with E-state index in [0.717, 1.165) is 12.3 Å². The summed E-state index contributed by atoms with van der Waals surface area (Å²) in [5, 5.41) is 17.9. The lowest BCUT2D eigenvalue weighted by molar-refractivity contribution is -0.659. The van der Waals surface area contributed by atoms with Gasteiger partial charge in [0.2, 0.25) is 0 Å². The van der Waals surface area contributed by atoms with Crippen LogP contribution in [0.15, 0.2) is 79.9 Å². The molecule has 5 aromatic heterocycles. The Bertz CT molecular complexity index is 1900. The molecule has 0 aliphatic heterocycles. The summed E-state index contributed by atoms with van der Waals surface area (Å²) in [6.45, 7) is -2.85. The Kier molecular flexibility index (Phi) is 7.59. The van der Waals surface area contributed by atoms with Gasteiger partial charge >= 0.3 is 12.7 Å². The van der Waals surface area contributed by atoms with Gasteiger partial charge in [-0.2, -0.15) is 32.1 Å². The zero-order chi connectivity index (χ0) is 31.0. The molecule has 6 rings (SSSR count). The summed E-state index contributed by atoms with van der Waals surface area (Å²) < 4.78 is 84.8. The Labute approximate surface area is 248 Å². The molecule has 1 atom stereocenters. The number of H-pyrrole nitrogens is 1. The monoisotopic (exact) mass is 631 g/mol. The van der Waals surface area contributed by atoms with Gasteiger partial charge in [-0.3, -0.25) is 14.6 Å². The van der Waals surface area contributed by atoms with E-state index in [4.69, 9.17) is 11.6 Å². The van der Waals surface area contributed by atoms with Crippen LogP contribution in [0.5, 0.6) is 0 Å². The van der Waals surface area contributed by atoms with Gasteiger partial charge in [-0.25, -0.2) is 9.07 Å². The Balaban J connectivity index is 1.39. The molecule has 0 saturated carbocycles. The summed E-state index contributed by atoms with van der Waals surface area (Å²) in [5.41, 5.74) is 1.17. The minimum atomic E-state index is -4.64. The molecule has 0 amide bonds. The molecule has 0 unspecified atom stereocenters. The number of nitrogens with one attached hydrogen (secondary N) is 1. The summed E-state index contributed by atoms with van der Waals surface area (Å²) in [5.74, 6) is -0.705. The van der Waals surface area contributed by atoms with Crippen molar-refractivity contribution in [2.24, 2.45) is 0 Å². The number of hydrogen-bond acceptors (Lipinski definition) is 6. The van der Waals surface area contributed by atoms with E-state index in [9.17, 15) is 22.0 Å². The van der Waals surface area contributed by atoms with Gasteiger partial charge in [0.15, 0.2) is 11.0 Å². The fourth-order valence-electron chi connectivity index (χ4n) is 4.63. The Morgan fingerprint density at radius 1 is 0.909 bits per heavy atom. The Morgan fingerprint density at radius 2 is 1.73 bits per heavy atom. The highest BCUT2D eigenvalue weighted by molar-refractivity contribution is 6.31. The molecule has 0 radical (unpaired) electrons. The third-order valence-electron chi connectivity index (χ3n) is 6.71. The second-order valence-electron chi connectivity index (χ2n) is 9.49. The van der Waals surface area contributed by atoms with Crippen molar-refractivity contribution in [1.29, 1.82) is 0 Å². The van der Waals surface area contributed by atoms with Crippen LogP contribution < -0.4 is 4.68 Å². The zero-order valence-corrected chi connectivity index (χ0v) is 22.8. The van der Waals surface area contributed by atoms with Crippen LogP contribution in [0.3, 0.4) is 0 Å². The van der Waals surface area contributed by atoms with Crippen molar-refractivity contribution >= 4 is 11.6 Å². The molecule has 0 bridgehead atoms. The van der Waals surface area contributed by atoms with Crippen LogP contribution in [0, 0.1) is 5.82 Å². The molecular weight excluding hydrogens is 614 g/mol. The fraction of sp³-hybridized carbons (Fsp3) is 0.148. The predicted octanol–water partition coefficient (Wildman–Crippen LogP) is 5.64. The first kappa shape index (κ1) is 29.0. The van der Waals surface area contributed by atoms with Crippen molar-refractivity contribution in [3.8, 4) is 27.9 Å². The van der Waals surface area contributed by atoms with Crippen molar-refractivity contribution in [3.63, 3.8) is 0 Å². The number of benzene rings is 1. The van der Waals surface area contributed by atoms with Gasteiger partial charge in [-0.1, -0.05) is 22.9 Å². The maximum Gasteiger partial charge on any atom is 0.433 e. The van der Waals surface area contributed by atoms with Gasteiger partial charge in [-0.15, -0.1) is 4.68 Å². The lowest BCUT2D eigenvalue weighted by atomic mass is 10.0. The topological polar surface area (TPSA) is 107 Å². The number of alkyl halides is 5. The molecular formula is C27H18ClF6N10+. The van der Waals surface area contributed by atoms with Gasteiger partial charge in [0.1, 0.15) is 16.5 Å². The molecule has 6 aromatic rings. The van der Waals surface area contributed by atoms with Crippen LogP contribution in [0.4, 0.5) is 26.3 Å². The van der Waals surface area contributed by atoms with Gasteiger partial charge in [0.05, 0.1) is 34.7 Å². The maximum atomic E-state index is 15.3. The van der Waals surface area contributed by atoms with Gasteiger partial charge in [0, 0.05) is 42.3 Å². The minimum Gasteiger partial charge on any atom is -0.263 e. The SMILES string of the molecule is Fc1c(Cl)ccc(-[n+]2cnn[nH]2)c1-c1ccc([C@H](Cc2cnn(C(F)F)c2)n2cc(-c3ccnc(C(F)(F)F)c3)cn2)nc1. The Morgan fingerprint density at radius 3 is 2.41 bits per heavy atom. The molecule has 1 aromatic carbocycles. The predicted molar refractivity (Wildman–Crippen MR) is 142 cm³/mol. The van der Waals surface area contributed by atoms with E-state index in [0.29, 0.717) is 32.8 Å². The Hall–Kier alpha value is -5.12. The van der Waals surface area contributed by atoms with Crippen molar-refractivity contribution in [3.05, 3.63) is 108 Å². The van der Waals surface area contributed by atoms with E-state index in [2.05, 4.69) is 35.7 Å². The van der Waals surface area contributed by atoms with Crippen LogP contribution in [0.25, 0.3) is 27.9 Å². The average Bonchev–Trinajstić information content (AvgIpc) is 3.80. The van der Waals surface area contributed by atoms with Crippen LogP contribution in [-0.2, 0) is 12.6 Å². The summed E-state index contributed by atoms with van der Waals surface area (Å²) in [7, 11) is 0. The molecule has 10 nitrogen and oxygen atoms in total. The van der Waals surface area contributed by atoms with E-state index in [-0.39, 0.29) is 22.6 Å². The molecule has 44 heavy (non-hydrogen) atoms. The number of aromatic amines is 1. The van der Waals surface area contributed by atoms with Crippen LogP contribution >= 0.6 is 11.6 Å². The number of halogens is 7. The fourth-order valence-corrected chi connectivity index (χ4v) is 4.79. The van der Waals surface area contributed by atoms with E-state index >= 15 is 4.39 Å². The smallest absolute Gasteiger partial charge is 0.263 e. The van der Waals surface area contributed by atoms with Gasteiger partial charge in [0.25, 0.3) is 6.33 Å². The lowest BCUT2D eigenvalue weighted by Gasteiger charge is -2.17. The summed E-state index contributed by atoms with van der Waals surface area (Å²) in [6, 6.07) is 7.77. The number of pyridine rings is 2. The van der Waals surface area contributed by atoms with Gasteiger partial charge < -0.3 is 0 Å². The molecule has 0 fully saturated rings. The largest absolute Gasteiger partial charge is 0.433 e. The normalized spacial score (nSPS) is 12.6. The molecule has 224 valence electrons. The van der Waals surface area contributed by atoms with Gasteiger partial charge in [-0.05, 0) is 41.5 Å². The van der Waals surface area contributed by atoms with Crippen molar-refractivity contribution in [1.82, 2.24) is 45.1 Å². The number of hydrogen-bond donors (Lipinski definition) is 1. The molecule has 0 saturated heterocycles. The summed E-state index contributed by atoms with van der Waals surface area (Å²) in [6.07, 6.45) is 4.61. The lowest BCUT2D eigenvalue weighted by Crippen LogP contribution is -2.33. The highest BCUT2D eigenvalue weighted by Crippen LogP contribution is 2.34. The second-order valence-corrected chi connectivity index (χ2v) is 9.90. The van der Waals surface area contributed by atoms with E-state index in [1.807, 2.05) is 0 Å². The third kappa shape index (κ3) is 5.75. The van der Waals surface area contributed by atoms with Crippen molar-refractivity contribution in [2.45, 2.75) is 25.2 Å². The maximum absolute atomic E-state index is 15.3. The molecule has 1 N–H and O–H groups in total. The van der Waals surface area contributed by atoms with Crippen molar-refractivity contribution < 1.29 is 31.0 Å².